The average Bonchev–Trinajstić information content (AvgIpc) is 3.11. The molecule has 192 valence electrons. The van der Waals surface area contributed by atoms with Crippen molar-refractivity contribution in [1.29, 1.82) is 0 Å². The molecular weight excluding hydrogens is 460 g/mol. The average molecular weight is 501 g/mol. The third-order valence-corrected chi connectivity index (χ3v) is 7.61. The second-order valence-electron chi connectivity index (χ2n) is 10.7. The van der Waals surface area contributed by atoms with Crippen LogP contribution in [0.25, 0.3) is 0 Å². The number of hydrogen-bond acceptors (Lipinski definition) is 4. The summed E-state index contributed by atoms with van der Waals surface area (Å²) in [6.07, 6.45) is 0.483. The van der Waals surface area contributed by atoms with Crippen LogP contribution in [-0.4, -0.2) is 49.3 Å². The Morgan fingerprint density at radius 2 is 1.69 bits per heavy atom. The molecule has 0 saturated carbocycles. The van der Waals surface area contributed by atoms with Crippen LogP contribution in [0.5, 0.6) is 5.75 Å². The van der Waals surface area contributed by atoms with Gasteiger partial charge in [0.2, 0.25) is 5.91 Å². The van der Waals surface area contributed by atoms with Gasteiger partial charge in [0.1, 0.15) is 11.4 Å². The molecule has 0 aliphatic carbocycles. The van der Waals surface area contributed by atoms with Gasteiger partial charge in [-0.1, -0.05) is 38.1 Å². The summed E-state index contributed by atoms with van der Waals surface area (Å²) in [7, 11) is 0. The van der Waals surface area contributed by atoms with E-state index >= 15 is 0 Å². The number of morpholine rings is 1. The molecule has 1 N–H and O–H groups in total. The molecule has 2 aromatic carbocycles. The number of anilines is 1. The highest BCUT2D eigenvalue weighted by molar-refractivity contribution is 5.93. The predicted octanol–water partition coefficient (Wildman–Crippen LogP) is 6.12. The number of benzene rings is 2. The first-order valence-electron chi connectivity index (χ1n) is 12.6. The van der Waals surface area contributed by atoms with Crippen molar-refractivity contribution in [2.24, 2.45) is 0 Å². The number of hydrogen-bond donors (Lipinski definition) is 1. The van der Waals surface area contributed by atoms with Gasteiger partial charge in [-0.05, 0) is 68.4 Å². The third-order valence-electron chi connectivity index (χ3n) is 7.61. The van der Waals surface area contributed by atoms with Gasteiger partial charge < -0.3 is 14.8 Å². The van der Waals surface area contributed by atoms with E-state index in [2.05, 4.69) is 82.9 Å². The number of fused-ring (bicyclic) bond motifs is 1. The first-order valence-corrected chi connectivity index (χ1v) is 12.6. The number of carbonyl (C=O) groups excluding carboxylic acids is 1. The van der Waals surface area contributed by atoms with Crippen LogP contribution in [0.2, 0.25) is 0 Å². The molecule has 0 aromatic heterocycles. The minimum Gasteiger partial charge on any atom is -0.486 e. The second-order valence-corrected chi connectivity index (χ2v) is 10.7. The Bertz CT molecular complexity index is 1060. The molecule has 2 aromatic rings. The SMILES string of the molecule is Cc1c(C)c2c(c(C)c1NC(=O)CCN1CCOCC1)C(c1ccc(C(C)C)cc1)C(C)(C)O2.Cl. The number of amides is 1. The minimum atomic E-state index is -0.372. The summed E-state index contributed by atoms with van der Waals surface area (Å²) in [5.41, 5.74) is 7.67. The molecule has 4 rings (SSSR count). The highest BCUT2D eigenvalue weighted by atomic mass is 35.5. The molecule has 1 atom stereocenters. The molecule has 0 spiro atoms. The van der Waals surface area contributed by atoms with Gasteiger partial charge in [0.15, 0.2) is 0 Å². The summed E-state index contributed by atoms with van der Waals surface area (Å²) in [6, 6.07) is 8.96. The first kappa shape index (κ1) is 27.5. The normalized spacial score (nSPS) is 19.1. The highest BCUT2D eigenvalue weighted by Crippen LogP contribution is 2.53. The van der Waals surface area contributed by atoms with Crippen LogP contribution in [0, 0.1) is 20.8 Å². The summed E-state index contributed by atoms with van der Waals surface area (Å²) in [5, 5.41) is 3.26. The summed E-state index contributed by atoms with van der Waals surface area (Å²) in [6.45, 7) is 19.2. The lowest BCUT2D eigenvalue weighted by Crippen LogP contribution is -2.38. The molecule has 2 heterocycles. The molecule has 1 amide bonds. The van der Waals surface area contributed by atoms with Gasteiger partial charge in [-0.2, -0.15) is 0 Å². The van der Waals surface area contributed by atoms with E-state index in [-0.39, 0.29) is 29.8 Å². The Hall–Kier alpha value is -2.08. The molecule has 0 radical (unpaired) electrons. The Morgan fingerprint density at radius 1 is 1.06 bits per heavy atom. The monoisotopic (exact) mass is 500 g/mol. The maximum absolute atomic E-state index is 13.0. The highest BCUT2D eigenvalue weighted by Gasteiger charge is 2.45. The topological polar surface area (TPSA) is 50.8 Å². The van der Waals surface area contributed by atoms with E-state index in [0.717, 1.165) is 61.0 Å². The lowest BCUT2D eigenvalue weighted by Gasteiger charge is -2.28. The van der Waals surface area contributed by atoms with Crippen LogP contribution in [0.4, 0.5) is 5.69 Å². The van der Waals surface area contributed by atoms with Crippen molar-refractivity contribution in [2.45, 2.75) is 72.3 Å². The standard InChI is InChI=1S/C29H40N2O3.ClH/c1-18(2)22-8-10-23(11-9-22)26-25-21(5)27(19(3)20(4)28(25)34-29(26,6)7)30-24(32)12-13-31-14-16-33-17-15-31;/h8-11,18,26H,12-17H2,1-7H3,(H,30,32);1H. The smallest absolute Gasteiger partial charge is 0.225 e. The number of rotatable bonds is 6. The number of ether oxygens (including phenoxy) is 2. The van der Waals surface area contributed by atoms with Crippen molar-refractivity contribution in [3.63, 3.8) is 0 Å². The zero-order valence-corrected chi connectivity index (χ0v) is 23.1. The van der Waals surface area contributed by atoms with Crippen LogP contribution in [0.1, 0.15) is 79.3 Å². The van der Waals surface area contributed by atoms with Crippen LogP contribution in [0.3, 0.4) is 0 Å². The van der Waals surface area contributed by atoms with Crippen molar-refractivity contribution < 1.29 is 14.3 Å². The van der Waals surface area contributed by atoms with Gasteiger partial charge in [-0.25, -0.2) is 0 Å². The fourth-order valence-electron chi connectivity index (χ4n) is 5.41. The van der Waals surface area contributed by atoms with Crippen LogP contribution < -0.4 is 10.1 Å². The van der Waals surface area contributed by atoms with Gasteiger partial charge in [-0.15, -0.1) is 12.4 Å². The number of nitrogens with one attached hydrogen (secondary N) is 1. The van der Waals surface area contributed by atoms with Crippen molar-refractivity contribution in [3.8, 4) is 5.75 Å². The Labute approximate surface area is 217 Å². The summed E-state index contributed by atoms with van der Waals surface area (Å²) in [4.78, 5) is 15.2. The van der Waals surface area contributed by atoms with E-state index in [0.29, 0.717) is 12.3 Å². The van der Waals surface area contributed by atoms with Crippen molar-refractivity contribution in [2.75, 3.05) is 38.2 Å². The summed E-state index contributed by atoms with van der Waals surface area (Å²) >= 11 is 0. The fourth-order valence-corrected chi connectivity index (χ4v) is 5.41. The summed E-state index contributed by atoms with van der Waals surface area (Å²) in [5.74, 6) is 1.64. The number of nitrogens with zero attached hydrogens (tertiary/aromatic N) is 1. The molecular formula is C29H41ClN2O3. The Morgan fingerprint density at radius 3 is 2.29 bits per heavy atom. The largest absolute Gasteiger partial charge is 0.486 e. The van der Waals surface area contributed by atoms with Crippen LogP contribution in [-0.2, 0) is 9.53 Å². The maximum atomic E-state index is 13.0. The zero-order valence-electron chi connectivity index (χ0n) is 22.3. The number of carbonyl (C=O) groups is 1. The minimum absolute atomic E-state index is 0. The molecule has 1 fully saturated rings. The molecule has 6 heteroatoms. The molecule has 5 nitrogen and oxygen atoms in total. The van der Waals surface area contributed by atoms with E-state index in [9.17, 15) is 4.79 Å². The van der Waals surface area contributed by atoms with E-state index in [1.54, 1.807) is 0 Å². The number of halogens is 1. The Kier molecular flexibility index (Phi) is 8.56. The van der Waals surface area contributed by atoms with Gasteiger partial charge in [0.05, 0.1) is 19.1 Å². The van der Waals surface area contributed by atoms with Crippen LogP contribution in [0.15, 0.2) is 24.3 Å². The van der Waals surface area contributed by atoms with Crippen molar-refractivity contribution in [1.82, 2.24) is 4.90 Å². The van der Waals surface area contributed by atoms with Gasteiger partial charge in [0.25, 0.3) is 0 Å². The van der Waals surface area contributed by atoms with E-state index in [4.69, 9.17) is 9.47 Å². The summed E-state index contributed by atoms with van der Waals surface area (Å²) < 4.78 is 12.0. The lowest BCUT2D eigenvalue weighted by molar-refractivity contribution is -0.116. The fraction of sp³-hybridized carbons (Fsp3) is 0.552. The van der Waals surface area contributed by atoms with E-state index < -0.39 is 0 Å². The predicted molar refractivity (Wildman–Crippen MR) is 145 cm³/mol. The maximum Gasteiger partial charge on any atom is 0.225 e. The van der Waals surface area contributed by atoms with Crippen LogP contribution >= 0.6 is 12.4 Å². The van der Waals surface area contributed by atoms with E-state index in [1.165, 1.54) is 16.7 Å². The third kappa shape index (κ3) is 5.52. The zero-order chi connectivity index (χ0) is 24.6. The first-order chi connectivity index (χ1) is 16.1. The molecule has 1 unspecified atom stereocenters. The lowest BCUT2D eigenvalue weighted by atomic mass is 9.78. The van der Waals surface area contributed by atoms with Gasteiger partial charge >= 0.3 is 0 Å². The van der Waals surface area contributed by atoms with Gasteiger partial charge in [-0.3, -0.25) is 9.69 Å². The second kappa shape index (κ2) is 10.9. The van der Waals surface area contributed by atoms with Gasteiger partial charge in [0, 0.05) is 37.3 Å². The van der Waals surface area contributed by atoms with Crippen molar-refractivity contribution >= 4 is 24.0 Å². The molecule has 35 heavy (non-hydrogen) atoms. The Balaban J connectivity index is 0.00000342. The quantitative estimate of drug-likeness (QED) is 0.519. The molecule has 2 aliphatic heterocycles. The van der Waals surface area contributed by atoms with E-state index in [1.807, 2.05) is 0 Å². The molecule has 1 saturated heterocycles. The molecule has 0 bridgehead atoms. The van der Waals surface area contributed by atoms with Crippen molar-refractivity contribution in [3.05, 3.63) is 57.6 Å². The molecule has 2 aliphatic rings.